The van der Waals surface area contributed by atoms with E-state index >= 15 is 0 Å². The highest BCUT2D eigenvalue weighted by Gasteiger charge is 2.53. The van der Waals surface area contributed by atoms with Gasteiger partial charge in [0.15, 0.2) is 5.82 Å². The average Bonchev–Trinajstić information content (AvgIpc) is 2.71. The van der Waals surface area contributed by atoms with E-state index in [0.29, 0.717) is 12.4 Å². The lowest BCUT2D eigenvalue weighted by Gasteiger charge is -2.44. The molecule has 0 radical (unpaired) electrons. The first-order valence-corrected chi connectivity index (χ1v) is 5.87. The predicted molar refractivity (Wildman–Crippen MR) is 64.7 cm³/mol. The Morgan fingerprint density at radius 1 is 1.39 bits per heavy atom. The first kappa shape index (κ1) is 11.4. The summed E-state index contributed by atoms with van der Waals surface area (Å²) in [6, 6.07) is 1.83. The number of nitrogens with one attached hydrogen (secondary N) is 2. The van der Waals surface area contributed by atoms with Crippen molar-refractivity contribution in [3.63, 3.8) is 0 Å². The second kappa shape index (κ2) is 3.63. The minimum absolute atomic E-state index is 0.0659. The van der Waals surface area contributed by atoms with Gasteiger partial charge in [0.1, 0.15) is 5.52 Å². The van der Waals surface area contributed by atoms with Crippen LogP contribution in [-0.2, 0) is 0 Å². The van der Waals surface area contributed by atoms with Crippen molar-refractivity contribution in [2.24, 2.45) is 5.41 Å². The maximum atomic E-state index is 12.9. The fourth-order valence-corrected chi connectivity index (χ4v) is 2.62. The number of imidazole rings is 1. The summed E-state index contributed by atoms with van der Waals surface area (Å²) < 4.78 is 25.8. The molecule has 0 amide bonds. The smallest absolute Gasteiger partial charge is 0.249 e. The largest absolute Gasteiger partial charge is 0.368 e. The Hall–Kier alpha value is -1.72. The molecule has 2 N–H and O–H groups in total. The molecule has 2 heterocycles. The lowest BCUT2D eigenvalue weighted by molar-refractivity contribution is -0.148. The fraction of sp³-hybridized carbons (Fsp3) is 0.500. The molecule has 3 rings (SSSR count). The topological polar surface area (TPSA) is 53.6 Å². The zero-order valence-electron chi connectivity index (χ0n) is 10.0. The Bertz CT molecular complexity index is 570. The van der Waals surface area contributed by atoms with Crippen molar-refractivity contribution in [3.05, 3.63) is 18.6 Å². The second-order valence-corrected chi connectivity index (χ2v) is 5.33. The number of alkyl halides is 2. The standard InChI is InChI=1S/C12H14F2N4/c1-11(4-12(13,14)5-11)6-16-10-9-8(2-3-15-10)17-7-18-9/h2-3,7H,4-6H2,1H3,(H,15,16)(H,17,18). The Morgan fingerprint density at radius 2 is 2.17 bits per heavy atom. The molecule has 96 valence electrons. The van der Waals surface area contributed by atoms with Gasteiger partial charge in [0.25, 0.3) is 0 Å². The van der Waals surface area contributed by atoms with Crippen LogP contribution in [0.1, 0.15) is 19.8 Å². The molecule has 1 aliphatic carbocycles. The Morgan fingerprint density at radius 3 is 2.89 bits per heavy atom. The van der Waals surface area contributed by atoms with Crippen LogP contribution in [0, 0.1) is 5.41 Å². The van der Waals surface area contributed by atoms with Crippen LogP contribution in [-0.4, -0.2) is 27.4 Å². The number of fused-ring (bicyclic) bond motifs is 1. The molecule has 1 aliphatic rings. The molecule has 0 atom stereocenters. The van der Waals surface area contributed by atoms with E-state index in [9.17, 15) is 8.78 Å². The zero-order valence-corrected chi connectivity index (χ0v) is 10.0. The molecule has 0 spiro atoms. The summed E-state index contributed by atoms with van der Waals surface area (Å²) in [5.41, 5.74) is 1.27. The Labute approximate surface area is 103 Å². The number of aromatic amines is 1. The maximum absolute atomic E-state index is 12.9. The van der Waals surface area contributed by atoms with Crippen molar-refractivity contribution >= 4 is 16.9 Å². The van der Waals surface area contributed by atoms with Gasteiger partial charge in [-0.1, -0.05) is 6.92 Å². The van der Waals surface area contributed by atoms with Crippen LogP contribution < -0.4 is 5.32 Å². The van der Waals surface area contributed by atoms with E-state index in [1.807, 2.05) is 13.0 Å². The van der Waals surface area contributed by atoms with E-state index in [4.69, 9.17) is 0 Å². The molecule has 0 bridgehead atoms. The highest BCUT2D eigenvalue weighted by molar-refractivity contribution is 5.85. The molecule has 0 saturated heterocycles. The number of halogens is 2. The zero-order chi connectivity index (χ0) is 12.8. The first-order valence-electron chi connectivity index (χ1n) is 5.87. The van der Waals surface area contributed by atoms with Gasteiger partial charge in [0, 0.05) is 25.6 Å². The highest BCUT2D eigenvalue weighted by atomic mass is 19.3. The predicted octanol–water partition coefficient (Wildman–Crippen LogP) is 2.81. The number of aromatic nitrogens is 3. The van der Waals surface area contributed by atoms with Crippen LogP contribution in [0.3, 0.4) is 0 Å². The van der Waals surface area contributed by atoms with Gasteiger partial charge in [0.2, 0.25) is 5.92 Å². The van der Waals surface area contributed by atoms with Gasteiger partial charge in [0.05, 0.1) is 11.8 Å². The van der Waals surface area contributed by atoms with E-state index in [0.717, 1.165) is 11.0 Å². The van der Waals surface area contributed by atoms with Gasteiger partial charge in [-0.3, -0.25) is 0 Å². The second-order valence-electron chi connectivity index (χ2n) is 5.33. The molecule has 0 aliphatic heterocycles. The number of anilines is 1. The van der Waals surface area contributed by atoms with E-state index in [-0.39, 0.29) is 18.3 Å². The minimum Gasteiger partial charge on any atom is -0.368 e. The SMILES string of the molecule is CC1(CNc2nccc3[nH]cnc23)CC(F)(F)C1. The summed E-state index contributed by atoms with van der Waals surface area (Å²) in [7, 11) is 0. The number of H-pyrrole nitrogens is 1. The van der Waals surface area contributed by atoms with Crippen LogP contribution in [0.25, 0.3) is 11.0 Å². The Kier molecular flexibility index (Phi) is 2.30. The van der Waals surface area contributed by atoms with E-state index in [2.05, 4.69) is 20.3 Å². The normalized spacial score (nSPS) is 20.6. The van der Waals surface area contributed by atoms with Gasteiger partial charge >= 0.3 is 0 Å². The van der Waals surface area contributed by atoms with Crippen LogP contribution in [0.15, 0.2) is 18.6 Å². The third-order valence-corrected chi connectivity index (χ3v) is 3.39. The van der Waals surface area contributed by atoms with Crippen molar-refractivity contribution in [2.45, 2.75) is 25.7 Å². The van der Waals surface area contributed by atoms with Crippen LogP contribution in [0.5, 0.6) is 0 Å². The van der Waals surface area contributed by atoms with Gasteiger partial charge < -0.3 is 10.3 Å². The van der Waals surface area contributed by atoms with Crippen LogP contribution >= 0.6 is 0 Å². The minimum atomic E-state index is -2.50. The number of pyridine rings is 1. The monoisotopic (exact) mass is 252 g/mol. The van der Waals surface area contributed by atoms with Gasteiger partial charge in [-0.15, -0.1) is 0 Å². The summed E-state index contributed by atoms with van der Waals surface area (Å²) in [5, 5.41) is 3.13. The molecule has 0 aromatic carbocycles. The van der Waals surface area contributed by atoms with Crippen molar-refractivity contribution < 1.29 is 8.78 Å². The third-order valence-electron chi connectivity index (χ3n) is 3.39. The lowest BCUT2D eigenvalue weighted by atomic mass is 9.67. The number of hydrogen-bond acceptors (Lipinski definition) is 3. The molecule has 6 heteroatoms. The van der Waals surface area contributed by atoms with Gasteiger partial charge in [-0.2, -0.15) is 0 Å². The van der Waals surface area contributed by atoms with Crippen LogP contribution in [0.4, 0.5) is 14.6 Å². The van der Waals surface area contributed by atoms with Gasteiger partial charge in [-0.25, -0.2) is 18.7 Å². The average molecular weight is 252 g/mol. The van der Waals surface area contributed by atoms with Crippen molar-refractivity contribution in [1.29, 1.82) is 0 Å². The summed E-state index contributed by atoms with van der Waals surface area (Å²) >= 11 is 0. The summed E-state index contributed by atoms with van der Waals surface area (Å²) in [4.78, 5) is 11.3. The van der Waals surface area contributed by atoms with Crippen molar-refractivity contribution in [1.82, 2.24) is 15.0 Å². The summed E-state index contributed by atoms with van der Waals surface area (Å²) in [6.07, 6.45) is 3.13. The number of rotatable bonds is 3. The molecule has 1 fully saturated rings. The van der Waals surface area contributed by atoms with Crippen molar-refractivity contribution in [3.8, 4) is 0 Å². The molecule has 4 nitrogen and oxygen atoms in total. The van der Waals surface area contributed by atoms with Crippen molar-refractivity contribution in [2.75, 3.05) is 11.9 Å². The molecule has 0 unspecified atom stereocenters. The van der Waals surface area contributed by atoms with E-state index < -0.39 is 5.92 Å². The number of hydrogen-bond donors (Lipinski definition) is 2. The van der Waals surface area contributed by atoms with Gasteiger partial charge in [-0.05, 0) is 11.5 Å². The number of nitrogens with zero attached hydrogens (tertiary/aromatic N) is 2. The molecule has 2 aromatic rings. The molecular weight excluding hydrogens is 238 g/mol. The molecule has 18 heavy (non-hydrogen) atoms. The summed E-state index contributed by atoms with van der Waals surface area (Å²) in [5.74, 6) is -1.85. The summed E-state index contributed by atoms with van der Waals surface area (Å²) in [6.45, 7) is 2.35. The molecule has 1 saturated carbocycles. The van der Waals surface area contributed by atoms with Crippen LogP contribution in [0.2, 0.25) is 0 Å². The lowest BCUT2D eigenvalue weighted by Crippen LogP contribution is -2.47. The molecular formula is C12H14F2N4. The van der Waals surface area contributed by atoms with E-state index in [1.54, 1.807) is 12.5 Å². The maximum Gasteiger partial charge on any atom is 0.249 e. The van der Waals surface area contributed by atoms with E-state index in [1.165, 1.54) is 0 Å². The first-order chi connectivity index (χ1) is 8.48. The molecule has 2 aromatic heterocycles. The third kappa shape index (κ3) is 1.91. The Balaban J connectivity index is 1.72. The quantitative estimate of drug-likeness (QED) is 0.883. The fourth-order valence-electron chi connectivity index (χ4n) is 2.62. The highest BCUT2D eigenvalue weighted by Crippen LogP contribution is 2.51.